The van der Waals surface area contributed by atoms with Crippen LogP contribution in [0, 0.1) is 0 Å². The molecule has 1 N–H and O–H groups in total. The maximum absolute atomic E-state index is 3.56. The highest BCUT2D eigenvalue weighted by molar-refractivity contribution is 6.74. The van der Waals surface area contributed by atoms with E-state index in [9.17, 15) is 0 Å². The first kappa shape index (κ1) is 7.60. The van der Waals surface area contributed by atoms with Crippen LogP contribution in [0.4, 0.5) is 0 Å². The van der Waals surface area contributed by atoms with Crippen molar-refractivity contribution in [1.29, 1.82) is 0 Å². The summed E-state index contributed by atoms with van der Waals surface area (Å²) in [6.45, 7) is 6.94. The Bertz CT molecular complexity index is 174. The molecule has 0 aromatic carbocycles. The molecule has 1 aliphatic rings. The van der Waals surface area contributed by atoms with Crippen LogP contribution < -0.4 is 4.98 Å². The van der Waals surface area contributed by atoms with Gasteiger partial charge in [-0.15, -0.1) is 0 Å². The van der Waals surface area contributed by atoms with Gasteiger partial charge in [0.15, 0.2) is 0 Å². The fourth-order valence-electron chi connectivity index (χ4n) is 1.02. The van der Waals surface area contributed by atoms with Crippen LogP contribution in [0.5, 0.6) is 0 Å². The van der Waals surface area contributed by atoms with E-state index in [1.165, 1.54) is 5.70 Å². The minimum absolute atomic E-state index is 1.08. The number of hydrogen-bond acceptors (Lipinski definition) is 1. The second-order valence-electron chi connectivity index (χ2n) is 3.70. The van der Waals surface area contributed by atoms with Crippen LogP contribution in [-0.2, 0) is 0 Å². The molecule has 0 aromatic rings. The van der Waals surface area contributed by atoms with E-state index in [0.29, 0.717) is 0 Å². The van der Waals surface area contributed by atoms with Gasteiger partial charge >= 0.3 is 0 Å². The van der Waals surface area contributed by atoms with E-state index in [2.05, 4.69) is 42.9 Å². The van der Waals surface area contributed by atoms with Crippen molar-refractivity contribution in [2.24, 2.45) is 0 Å². The minimum Gasteiger partial charge on any atom is -0.414 e. The molecule has 0 fully saturated rings. The fourth-order valence-corrected chi connectivity index (χ4v) is 2.17. The molecule has 1 nitrogen and oxygen atoms in total. The van der Waals surface area contributed by atoms with E-state index in [4.69, 9.17) is 0 Å². The second kappa shape index (κ2) is 2.62. The molecule has 0 atom stereocenters. The van der Waals surface area contributed by atoms with Crippen molar-refractivity contribution in [3.05, 3.63) is 23.9 Å². The normalized spacial score (nSPS) is 17.3. The summed E-state index contributed by atoms with van der Waals surface area (Å²) in [6, 6.07) is 0. The highest BCUT2D eigenvalue weighted by Gasteiger charge is 2.13. The lowest BCUT2D eigenvalue weighted by molar-refractivity contribution is 1.05. The standard InChI is InChI=1S/C8H15NSi/c1-10(2,3)9-8-6-4-5-7-8/h4-6,9H,7H2,1-3H3. The topological polar surface area (TPSA) is 12.0 Å². The van der Waals surface area contributed by atoms with Crippen LogP contribution in [0.1, 0.15) is 6.42 Å². The van der Waals surface area contributed by atoms with Gasteiger partial charge in [0.1, 0.15) is 8.24 Å². The zero-order chi connectivity index (χ0) is 7.61. The third-order valence-electron chi connectivity index (χ3n) is 1.31. The first-order valence-electron chi connectivity index (χ1n) is 3.72. The van der Waals surface area contributed by atoms with E-state index in [1.807, 2.05) is 0 Å². The lowest BCUT2D eigenvalue weighted by atomic mass is 10.4. The van der Waals surface area contributed by atoms with E-state index in [0.717, 1.165) is 6.42 Å². The van der Waals surface area contributed by atoms with Gasteiger partial charge in [0.2, 0.25) is 0 Å². The lowest BCUT2D eigenvalue weighted by Crippen LogP contribution is -2.39. The molecule has 56 valence electrons. The van der Waals surface area contributed by atoms with Crippen molar-refractivity contribution < 1.29 is 0 Å². The zero-order valence-electron chi connectivity index (χ0n) is 6.94. The van der Waals surface area contributed by atoms with Crippen molar-refractivity contribution in [1.82, 2.24) is 4.98 Å². The molecular weight excluding hydrogens is 138 g/mol. The highest BCUT2D eigenvalue weighted by atomic mass is 28.3. The quantitative estimate of drug-likeness (QED) is 0.600. The Morgan fingerprint density at radius 2 is 2.10 bits per heavy atom. The molecule has 1 aliphatic carbocycles. The predicted molar refractivity (Wildman–Crippen MR) is 48.3 cm³/mol. The summed E-state index contributed by atoms with van der Waals surface area (Å²) < 4.78 is 0. The van der Waals surface area contributed by atoms with Crippen LogP contribution in [0.3, 0.4) is 0 Å². The molecule has 0 saturated carbocycles. The summed E-state index contributed by atoms with van der Waals surface area (Å²) in [6.07, 6.45) is 7.56. The summed E-state index contributed by atoms with van der Waals surface area (Å²) >= 11 is 0. The molecule has 0 aliphatic heterocycles. The molecule has 10 heavy (non-hydrogen) atoms. The van der Waals surface area contributed by atoms with E-state index in [1.54, 1.807) is 0 Å². The molecule has 0 heterocycles. The van der Waals surface area contributed by atoms with Gasteiger partial charge in [-0.3, -0.25) is 0 Å². The number of allylic oxidation sites excluding steroid dienone is 3. The smallest absolute Gasteiger partial charge is 0.143 e. The first-order valence-corrected chi connectivity index (χ1v) is 7.22. The lowest BCUT2D eigenvalue weighted by Gasteiger charge is -2.20. The van der Waals surface area contributed by atoms with E-state index >= 15 is 0 Å². The molecule has 0 aromatic heterocycles. The maximum atomic E-state index is 3.56. The Balaban J connectivity index is 2.41. The highest BCUT2D eigenvalue weighted by Crippen LogP contribution is 2.09. The summed E-state index contributed by atoms with van der Waals surface area (Å²) in [5.74, 6) is 0. The van der Waals surface area contributed by atoms with Crippen molar-refractivity contribution in [3.63, 3.8) is 0 Å². The fraction of sp³-hybridized carbons (Fsp3) is 0.500. The van der Waals surface area contributed by atoms with E-state index < -0.39 is 8.24 Å². The van der Waals surface area contributed by atoms with E-state index in [-0.39, 0.29) is 0 Å². The van der Waals surface area contributed by atoms with Gasteiger partial charge in [-0.05, 0) is 6.08 Å². The zero-order valence-corrected chi connectivity index (χ0v) is 7.94. The van der Waals surface area contributed by atoms with Gasteiger partial charge in [0.25, 0.3) is 0 Å². The minimum atomic E-state index is -1.08. The number of rotatable bonds is 2. The molecule has 0 spiro atoms. The molecule has 0 bridgehead atoms. The van der Waals surface area contributed by atoms with Gasteiger partial charge < -0.3 is 4.98 Å². The Morgan fingerprint density at radius 3 is 2.50 bits per heavy atom. The second-order valence-corrected chi connectivity index (χ2v) is 8.45. The third kappa shape index (κ3) is 2.39. The van der Waals surface area contributed by atoms with Crippen LogP contribution in [0.15, 0.2) is 23.9 Å². The van der Waals surface area contributed by atoms with Crippen molar-refractivity contribution in [3.8, 4) is 0 Å². The Hall–Kier alpha value is -0.503. The summed E-state index contributed by atoms with van der Waals surface area (Å²) in [5.41, 5.74) is 1.39. The average molecular weight is 153 g/mol. The Kier molecular flexibility index (Phi) is 1.99. The largest absolute Gasteiger partial charge is 0.414 e. The van der Waals surface area contributed by atoms with Crippen molar-refractivity contribution >= 4 is 8.24 Å². The molecule has 2 heteroatoms. The van der Waals surface area contributed by atoms with Crippen LogP contribution in [0.2, 0.25) is 19.6 Å². The predicted octanol–water partition coefficient (Wildman–Crippen LogP) is 2.25. The van der Waals surface area contributed by atoms with Crippen LogP contribution >= 0.6 is 0 Å². The van der Waals surface area contributed by atoms with Gasteiger partial charge in [0.05, 0.1) is 0 Å². The summed E-state index contributed by atoms with van der Waals surface area (Å²) in [4.78, 5) is 3.56. The Morgan fingerprint density at radius 1 is 1.40 bits per heavy atom. The summed E-state index contributed by atoms with van der Waals surface area (Å²) in [5, 5.41) is 0. The third-order valence-corrected chi connectivity index (χ3v) is 2.38. The maximum Gasteiger partial charge on any atom is 0.143 e. The number of nitrogens with one attached hydrogen (secondary N) is 1. The molecule has 0 radical (unpaired) electrons. The van der Waals surface area contributed by atoms with Gasteiger partial charge in [-0.1, -0.05) is 31.8 Å². The SMILES string of the molecule is C[Si](C)(C)NC1=CC=CC1. The molecule has 0 saturated heterocycles. The van der Waals surface area contributed by atoms with Crippen molar-refractivity contribution in [2.75, 3.05) is 0 Å². The monoisotopic (exact) mass is 153 g/mol. The summed E-state index contributed by atoms with van der Waals surface area (Å²) in [7, 11) is -1.08. The van der Waals surface area contributed by atoms with Gasteiger partial charge in [-0.2, -0.15) is 0 Å². The van der Waals surface area contributed by atoms with Crippen molar-refractivity contribution in [2.45, 2.75) is 26.1 Å². The van der Waals surface area contributed by atoms with Gasteiger partial charge in [0, 0.05) is 12.1 Å². The molecule has 0 amide bonds. The van der Waals surface area contributed by atoms with Crippen LogP contribution in [0.25, 0.3) is 0 Å². The first-order chi connectivity index (χ1) is 4.58. The number of hydrogen-bond donors (Lipinski definition) is 1. The van der Waals surface area contributed by atoms with Crippen LogP contribution in [-0.4, -0.2) is 8.24 Å². The average Bonchev–Trinajstić information content (AvgIpc) is 2.12. The molecular formula is C8H15NSi. The molecule has 1 rings (SSSR count). The van der Waals surface area contributed by atoms with Gasteiger partial charge in [-0.25, -0.2) is 0 Å². The Labute approximate surface area is 63.9 Å². The molecule has 0 unspecified atom stereocenters.